The number of amides is 1. The molecular weight excluding hydrogens is 384 g/mol. The van der Waals surface area contributed by atoms with Gasteiger partial charge in [-0.1, -0.05) is 42.6 Å². The molecule has 1 aromatic heterocycles. The van der Waals surface area contributed by atoms with Crippen molar-refractivity contribution in [1.29, 1.82) is 0 Å². The van der Waals surface area contributed by atoms with Gasteiger partial charge in [-0.05, 0) is 55.3 Å². The zero-order valence-corrected chi connectivity index (χ0v) is 16.9. The van der Waals surface area contributed by atoms with E-state index in [2.05, 4.69) is 20.4 Å². The van der Waals surface area contributed by atoms with E-state index in [0.717, 1.165) is 30.2 Å². The SMILES string of the molecule is O=C(Nc1cccc(-c2ccc(N3CCCCCC3)nn2)c1)c1cccc(Cl)c1. The van der Waals surface area contributed by atoms with Crippen molar-refractivity contribution in [3.63, 3.8) is 0 Å². The van der Waals surface area contributed by atoms with Crippen LogP contribution < -0.4 is 10.2 Å². The number of benzene rings is 2. The summed E-state index contributed by atoms with van der Waals surface area (Å²) in [4.78, 5) is 14.8. The summed E-state index contributed by atoms with van der Waals surface area (Å²) >= 11 is 5.98. The molecule has 0 spiro atoms. The van der Waals surface area contributed by atoms with Crippen LogP contribution in [-0.4, -0.2) is 29.2 Å². The Morgan fingerprint density at radius 2 is 1.69 bits per heavy atom. The van der Waals surface area contributed by atoms with E-state index in [9.17, 15) is 4.79 Å². The van der Waals surface area contributed by atoms with Crippen LogP contribution in [0.5, 0.6) is 0 Å². The van der Waals surface area contributed by atoms with Gasteiger partial charge >= 0.3 is 0 Å². The molecule has 1 aliphatic rings. The van der Waals surface area contributed by atoms with E-state index in [1.54, 1.807) is 24.3 Å². The minimum Gasteiger partial charge on any atom is -0.355 e. The molecule has 3 aromatic rings. The van der Waals surface area contributed by atoms with Crippen molar-refractivity contribution < 1.29 is 4.79 Å². The van der Waals surface area contributed by atoms with Crippen molar-refractivity contribution in [2.45, 2.75) is 25.7 Å². The Balaban J connectivity index is 1.48. The molecule has 148 valence electrons. The highest BCUT2D eigenvalue weighted by Gasteiger charge is 2.12. The number of carbonyl (C=O) groups excluding carboxylic acids is 1. The highest BCUT2D eigenvalue weighted by atomic mass is 35.5. The first-order chi connectivity index (χ1) is 14.2. The van der Waals surface area contributed by atoms with E-state index >= 15 is 0 Å². The highest BCUT2D eigenvalue weighted by Crippen LogP contribution is 2.23. The topological polar surface area (TPSA) is 58.1 Å². The van der Waals surface area contributed by atoms with Crippen LogP contribution in [0.4, 0.5) is 11.5 Å². The first kappa shape index (κ1) is 19.4. The van der Waals surface area contributed by atoms with Crippen molar-refractivity contribution in [1.82, 2.24) is 10.2 Å². The van der Waals surface area contributed by atoms with Gasteiger partial charge in [-0.3, -0.25) is 4.79 Å². The summed E-state index contributed by atoms with van der Waals surface area (Å²) in [6.45, 7) is 2.08. The number of aromatic nitrogens is 2. The Morgan fingerprint density at radius 3 is 2.41 bits per heavy atom. The fourth-order valence-electron chi connectivity index (χ4n) is 3.54. The number of halogens is 1. The minimum absolute atomic E-state index is 0.202. The molecule has 2 aromatic carbocycles. The zero-order valence-electron chi connectivity index (χ0n) is 16.1. The number of hydrogen-bond donors (Lipinski definition) is 1. The van der Waals surface area contributed by atoms with Crippen LogP contribution in [0.25, 0.3) is 11.3 Å². The molecule has 2 heterocycles. The molecular formula is C23H23ClN4O. The molecule has 1 aliphatic heterocycles. The molecule has 0 atom stereocenters. The molecule has 0 unspecified atom stereocenters. The lowest BCUT2D eigenvalue weighted by atomic mass is 10.1. The maximum atomic E-state index is 12.5. The average molecular weight is 407 g/mol. The molecule has 0 aliphatic carbocycles. The van der Waals surface area contributed by atoms with Gasteiger partial charge in [-0.2, -0.15) is 0 Å². The van der Waals surface area contributed by atoms with Gasteiger partial charge in [-0.15, -0.1) is 10.2 Å². The summed E-state index contributed by atoms with van der Waals surface area (Å²) in [6.07, 6.45) is 4.99. The molecule has 4 rings (SSSR count). The minimum atomic E-state index is -0.202. The van der Waals surface area contributed by atoms with E-state index in [1.807, 2.05) is 36.4 Å². The molecule has 1 saturated heterocycles. The normalized spacial score (nSPS) is 14.3. The van der Waals surface area contributed by atoms with Gasteiger partial charge in [0, 0.05) is 34.9 Å². The van der Waals surface area contributed by atoms with Crippen LogP contribution in [0.15, 0.2) is 60.7 Å². The van der Waals surface area contributed by atoms with E-state index in [-0.39, 0.29) is 5.91 Å². The second-order valence-electron chi connectivity index (χ2n) is 7.22. The first-order valence-electron chi connectivity index (χ1n) is 9.95. The largest absolute Gasteiger partial charge is 0.355 e. The maximum Gasteiger partial charge on any atom is 0.255 e. The summed E-state index contributed by atoms with van der Waals surface area (Å²) in [5.41, 5.74) is 2.90. The standard InChI is InChI=1S/C23H23ClN4O/c24-19-9-5-8-18(15-19)23(29)25-20-10-6-7-17(16-20)21-11-12-22(27-26-21)28-13-3-1-2-4-14-28/h5-12,15-16H,1-4,13-14H2,(H,25,29). The third-order valence-electron chi connectivity index (χ3n) is 5.08. The fourth-order valence-corrected chi connectivity index (χ4v) is 3.73. The predicted molar refractivity (Wildman–Crippen MR) is 118 cm³/mol. The van der Waals surface area contributed by atoms with Gasteiger partial charge < -0.3 is 10.2 Å². The molecule has 6 heteroatoms. The molecule has 1 fully saturated rings. The summed E-state index contributed by atoms with van der Waals surface area (Å²) in [6, 6.07) is 18.5. The quantitative estimate of drug-likeness (QED) is 0.627. The van der Waals surface area contributed by atoms with Crippen LogP contribution >= 0.6 is 11.6 Å². The highest BCUT2D eigenvalue weighted by molar-refractivity contribution is 6.31. The van der Waals surface area contributed by atoms with Crippen LogP contribution in [0, 0.1) is 0 Å². The number of hydrogen-bond acceptors (Lipinski definition) is 4. The van der Waals surface area contributed by atoms with E-state index in [1.165, 1.54) is 25.7 Å². The summed E-state index contributed by atoms with van der Waals surface area (Å²) < 4.78 is 0. The van der Waals surface area contributed by atoms with Gasteiger partial charge in [0.1, 0.15) is 0 Å². The lowest BCUT2D eigenvalue weighted by Gasteiger charge is -2.20. The van der Waals surface area contributed by atoms with E-state index < -0.39 is 0 Å². The lowest BCUT2D eigenvalue weighted by Crippen LogP contribution is -2.25. The maximum absolute atomic E-state index is 12.5. The Bertz CT molecular complexity index is 982. The number of nitrogens with zero attached hydrogens (tertiary/aromatic N) is 3. The van der Waals surface area contributed by atoms with Crippen molar-refractivity contribution in [2.24, 2.45) is 0 Å². The van der Waals surface area contributed by atoms with Crippen LogP contribution in [0.1, 0.15) is 36.0 Å². The fraction of sp³-hybridized carbons (Fsp3) is 0.261. The van der Waals surface area contributed by atoms with Crippen molar-refractivity contribution >= 4 is 29.0 Å². The van der Waals surface area contributed by atoms with Gasteiger partial charge in [0.2, 0.25) is 0 Å². The predicted octanol–water partition coefficient (Wildman–Crippen LogP) is 5.43. The summed E-state index contributed by atoms with van der Waals surface area (Å²) in [5.74, 6) is 0.730. The van der Waals surface area contributed by atoms with Gasteiger partial charge in [-0.25, -0.2) is 0 Å². The monoisotopic (exact) mass is 406 g/mol. The van der Waals surface area contributed by atoms with Crippen molar-refractivity contribution in [3.8, 4) is 11.3 Å². The first-order valence-corrected chi connectivity index (χ1v) is 10.3. The molecule has 0 radical (unpaired) electrons. The van der Waals surface area contributed by atoms with Crippen molar-refractivity contribution in [2.75, 3.05) is 23.3 Å². The van der Waals surface area contributed by atoms with Gasteiger partial charge in [0.25, 0.3) is 5.91 Å². The van der Waals surface area contributed by atoms with Crippen LogP contribution in [0.3, 0.4) is 0 Å². The van der Waals surface area contributed by atoms with Crippen LogP contribution in [0.2, 0.25) is 5.02 Å². The number of rotatable bonds is 4. The number of carbonyl (C=O) groups is 1. The Kier molecular flexibility index (Phi) is 6.06. The van der Waals surface area contributed by atoms with Gasteiger partial charge in [0.15, 0.2) is 5.82 Å². The molecule has 1 N–H and O–H groups in total. The van der Waals surface area contributed by atoms with E-state index in [0.29, 0.717) is 16.3 Å². The summed E-state index contributed by atoms with van der Waals surface area (Å²) in [7, 11) is 0. The Morgan fingerprint density at radius 1 is 0.897 bits per heavy atom. The van der Waals surface area contributed by atoms with Crippen molar-refractivity contribution in [3.05, 3.63) is 71.2 Å². The smallest absolute Gasteiger partial charge is 0.255 e. The third kappa shape index (κ3) is 4.93. The molecule has 0 bridgehead atoms. The lowest BCUT2D eigenvalue weighted by molar-refractivity contribution is 0.102. The Labute approximate surface area is 175 Å². The molecule has 29 heavy (non-hydrogen) atoms. The second-order valence-corrected chi connectivity index (χ2v) is 7.66. The average Bonchev–Trinajstić information content (AvgIpc) is 3.04. The number of anilines is 2. The second kappa shape index (κ2) is 9.05. The molecule has 1 amide bonds. The molecule has 5 nitrogen and oxygen atoms in total. The Hall–Kier alpha value is -2.92. The zero-order chi connectivity index (χ0) is 20.1. The van der Waals surface area contributed by atoms with Gasteiger partial charge in [0.05, 0.1) is 5.69 Å². The van der Waals surface area contributed by atoms with E-state index in [4.69, 9.17) is 11.6 Å². The molecule has 0 saturated carbocycles. The van der Waals surface area contributed by atoms with Crippen LogP contribution in [-0.2, 0) is 0 Å². The summed E-state index contributed by atoms with van der Waals surface area (Å²) in [5, 5.41) is 12.3. The number of nitrogens with one attached hydrogen (secondary N) is 1. The third-order valence-corrected chi connectivity index (χ3v) is 5.32.